The lowest BCUT2D eigenvalue weighted by Crippen LogP contribution is -2.03. The first-order valence-corrected chi connectivity index (χ1v) is 6.60. The first-order valence-electron chi connectivity index (χ1n) is 5.44. The number of aryl methyl sites for hydroxylation is 1. The highest BCUT2D eigenvalue weighted by Gasteiger charge is 2.16. The number of carbonyl (C=O) groups excluding carboxylic acids is 1. The Balaban J connectivity index is 2.53. The van der Waals surface area contributed by atoms with Crippen LogP contribution in [0.5, 0.6) is 0 Å². The van der Waals surface area contributed by atoms with Crippen molar-refractivity contribution < 1.29 is 19.1 Å². The van der Waals surface area contributed by atoms with Gasteiger partial charge in [-0.2, -0.15) is 11.8 Å². The standard InChI is InChI=1S/C12H18O4S/c1-8(5-13)6-17-7-10-4-9(2)11(16-10)12(14)15-3/h4,8,13H,5-7H2,1-3H3. The van der Waals surface area contributed by atoms with Gasteiger partial charge in [-0.15, -0.1) is 0 Å². The Bertz CT molecular complexity index is 373. The van der Waals surface area contributed by atoms with Crippen LogP contribution in [0.3, 0.4) is 0 Å². The first-order chi connectivity index (χ1) is 8.08. The maximum Gasteiger partial charge on any atom is 0.374 e. The van der Waals surface area contributed by atoms with E-state index in [4.69, 9.17) is 9.52 Å². The minimum absolute atomic E-state index is 0.192. The molecule has 0 aliphatic heterocycles. The predicted octanol–water partition coefficient (Wildman–Crippen LogP) is 2.24. The number of furan rings is 1. The van der Waals surface area contributed by atoms with E-state index in [1.165, 1.54) is 7.11 Å². The number of thioether (sulfide) groups is 1. The van der Waals surface area contributed by atoms with Crippen molar-refractivity contribution in [2.75, 3.05) is 19.5 Å². The van der Waals surface area contributed by atoms with Gasteiger partial charge in [-0.1, -0.05) is 6.92 Å². The number of rotatable bonds is 6. The first kappa shape index (κ1) is 14.1. The van der Waals surface area contributed by atoms with E-state index in [0.717, 1.165) is 17.1 Å². The summed E-state index contributed by atoms with van der Waals surface area (Å²) in [6.45, 7) is 4.00. The number of aliphatic hydroxyl groups excluding tert-OH is 1. The molecule has 5 heteroatoms. The second kappa shape index (κ2) is 6.71. The maximum absolute atomic E-state index is 11.3. The summed E-state index contributed by atoms with van der Waals surface area (Å²) in [5, 5.41) is 8.89. The molecule has 0 saturated heterocycles. The fourth-order valence-electron chi connectivity index (χ4n) is 1.33. The highest BCUT2D eigenvalue weighted by molar-refractivity contribution is 7.98. The van der Waals surface area contributed by atoms with Gasteiger partial charge in [-0.05, 0) is 24.7 Å². The van der Waals surface area contributed by atoms with Crippen LogP contribution in [0, 0.1) is 12.8 Å². The van der Waals surface area contributed by atoms with Gasteiger partial charge in [0.1, 0.15) is 5.76 Å². The van der Waals surface area contributed by atoms with Gasteiger partial charge in [0.25, 0.3) is 0 Å². The molecular weight excluding hydrogens is 240 g/mol. The molecule has 0 saturated carbocycles. The third-order valence-electron chi connectivity index (χ3n) is 2.30. The number of ether oxygens (including phenoxy) is 1. The van der Waals surface area contributed by atoms with E-state index in [0.29, 0.717) is 5.75 Å². The summed E-state index contributed by atoms with van der Waals surface area (Å²) in [4.78, 5) is 11.3. The molecule has 1 unspecified atom stereocenters. The second-order valence-corrected chi connectivity index (χ2v) is 5.05. The van der Waals surface area contributed by atoms with Crippen LogP contribution in [0.25, 0.3) is 0 Å². The molecule has 0 aromatic carbocycles. The minimum Gasteiger partial charge on any atom is -0.463 e. The normalized spacial score (nSPS) is 12.5. The van der Waals surface area contributed by atoms with Gasteiger partial charge in [0, 0.05) is 12.2 Å². The highest BCUT2D eigenvalue weighted by atomic mass is 32.2. The van der Waals surface area contributed by atoms with Crippen LogP contribution in [0.4, 0.5) is 0 Å². The SMILES string of the molecule is COC(=O)c1oc(CSCC(C)CO)cc1C. The minimum atomic E-state index is -0.442. The van der Waals surface area contributed by atoms with Gasteiger partial charge in [0.15, 0.2) is 0 Å². The van der Waals surface area contributed by atoms with Gasteiger partial charge in [0.05, 0.1) is 12.9 Å². The summed E-state index contributed by atoms with van der Waals surface area (Å²) in [6, 6.07) is 1.85. The van der Waals surface area contributed by atoms with Crippen molar-refractivity contribution in [1.82, 2.24) is 0 Å². The zero-order valence-electron chi connectivity index (χ0n) is 10.4. The Morgan fingerprint density at radius 1 is 1.65 bits per heavy atom. The largest absolute Gasteiger partial charge is 0.463 e. The quantitative estimate of drug-likeness (QED) is 0.793. The van der Waals surface area contributed by atoms with Crippen molar-refractivity contribution in [1.29, 1.82) is 0 Å². The molecule has 0 bridgehead atoms. The molecule has 17 heavy (non-hydrogen) atoms. The molecule has 0 aliphatic carbocycles. The van der Waals surface area contributed by atoms with Crippen LogP contribution in [-0.4, -0.2) is 30.5 Å². The van der Waals surface area contributed by atoms with Crippen molar-refractivity contribution in [3.8, 4) is 0 Å². The average Bonchev–Trinajstić information content (AvgIpc) is 2.69. The lowest BCUT2D eigenvalue weighted by molar-refractivity contribution is 0.0562. The van der Waals surface area contributed by atoms with Gasteiger partial charge < -0.3 is 14.3 Å². The monoisotopic (exact) mass is 258 g/mol. The molecule has 1 heterocycles. The second-order valence-electron chi connectivity index (χ2n) is 4.02. The Morgan fingerprint density at radius 3 is 2.94 bits per heavy atom. The van der Waals surface area contributed by atoms with E-state index < -0.39 is 5.97 Å². The Hall–Kier alpha value is -0.940. The number of methoxy groups -OCH3 is 1. The fraction of sp³-hybridized carbons (Fsp3) is 0.583. The van der Waals surface area contributed by atoms with E-state index >= 15 is 0 Å². The summed E-state index contributed by atoms with van der Waals surface area (Å²) >= 11 is 1.67. The fourth-order valence-corrected chi connectivity index (χ4v) is 2.30. The van der Waals surface area contributed by atoms with Gasteiger partial charge in [-0.25, -0.2) is 4.79 Å². The molecule has 0 radical (unpaired) electrons. The van der Waals surface area contributed by atoms with Crippen LogP contribution in [-0.2, 0) is 10.5 Å². The zero-order chi connectivity index (χ0) is 12.8. The van der Waals surface area contributed by atoms with Crippen molar-refractivity contribution in [3.63, 3.8) is 0 Å². The molecule has 1 rings (SSSR count). The Labute approximate surface area is 105 Å². The molecule has 0 aliphatic rings. The Morgan fingerprint density at radius 2 is 2.35 bits per heavy atom. The van der Waals surface area contributed by atoms with Gasteiger partial charge in [0.2, 0.25) is 5.76 Å². The van der Waals surface area contributed by atoms with Crippen molar-refractivity contribution in [2.24, 2.45) is 5.92 Å². The molecule has 1 N–H and O–H groups in total. The summed E-state index contributed by atoms with van der Waals surface area (Å²) < 4.78 is 10.0. The number of carbonyl (C=O) groups is 1. The van der Waals surface area contributed by atoms with Crippen molar-refractivity contribution in [3.05, 3.63) is 23.2 Å². The van der Waals surface area contributed by atoms with Crippen LogP contribution < -0.4 is 0 Å². The highest BCUT2D eigenvalue weighted by Crippen LogP contribution is 2.21. The lowest BCUT2D eigenvalue weighted by atomic mass is 10.2. The maximum atomic E-state index is 11.3. The predicted molar refractivity (Wildman–Crippen MR) is 67.2 cm³/mol. The number of esters is 1. The van der Waals surface area contributed by atoms with Crippen molar-refractivity contribution in [2.45, 2.75) is 19.6 Å². The third-order valence-corrected chi connectivity index (χ3v) is 3.59. The van der Waals surface area contributed by atoms with E-state index in [9.17, 15) is 4.79 Å². The lowest BCUT2D eigenvalue weighted by Gasteiger charge is -2.05. The average molecular weight is 258 g/mol. The molecule has 0 fully saturated rings. The zero-order valence-corrected chi connectivity index (χ0v) is 11.2. The van der Waals surface area contributed by atoms with Crippen LogP contribution in [0.2, 0.25) is 0 Å². The van der Waals surface area contributed by atoms with Crippen molar-refractivity contribution >= 4 is 17.7 Å². The Kier molecular flexibility index (Phi) is 5.58. The van der Waals surface area contributed by atoms with Gasteiger partial charge in [-0.3, -0.25) is 0 Å². The summed E-state index contributed by atoms with van der Waals surface area (Å²) in [5.74, 6) is 2.43. The summed E-state index contributed by atoms with van der Waals surface area (Å²) in [7, 11) is 1.33. The molecule has 1 aromatic heterocycles. The molecule has 1 atom stereocenters. The summed E-state index contributed by atoms with van der Waals surface area (Å²) in [5.41, 5.74) is 0.794. The van der Waals surface area contributed by atoms with Crippen LogP contribution in [0.15, 0.2) is 10.5 Å². The summed E-state index contributed by atoms with van der Waals surface area (Å²) in [6.07, 6.45) is 0. The molecule has 4 nitrogen and oxygen atoms in total. The molecular formula is C12H18O4S. The van der Waals surface area contributed by atoms with Crippen LogP contribution in [0.1, 0.15) is 28.8 Å². The molecule has 0 amide bonds. The number of aliphatic hydroxyl groups is 1. The topological polar surface area (TPSA) is 59.7 Å². The number of hydrogen-bond donors (Lipinski definition) is 1. The van der Waals surface area contributed by atoms with E-state index in [1.807, 2.05) is 19.9 Å². The molecule has 0 spiro atoms. The van der Waals surface area contributed by atoms with Gasteiger partial charge >= 0.3 is 5.97 Å². The molecule has 96 valence electrons. The van der Waals surface area contributed by atoms with E-state index in [2.05, 4.69) is 4.74 Å². The molecule has 1 aromatic rings. The number of hydrogen-bond acceptors (Lipinski definition) is 5. The third kappa shape index (κ3) is 4.09. The van der Waals surface area contributed by atoms with E-state index in [1.54, 1.807) is 11.8 Å². The van der Waals surface area contributed by atoms with Crippen LogP contribution >= 0.6 is 11.8 Å². The van der Waals surface area contributed by atoms with E-state index in [-0.39, 0.29) is 18.3 Å². The smallest absolute Gasteiger partial charge is 0.374 e.